The van der Waals surface area contributed by atoms with Crippen LogP contribution in [0.1, 0.15) is 12.8 Å². The molecule has 2 fully saturated rings. The third-order valence-electron chi connectivity index (χ3n) is 5.23. The van der Waals surface area contributed by atoms with Gasteiger partial charge in [0.25, 0.3) is 5.69 Å². The van der Waals surface area contributed by atoms with Gasteiger partial charge in [0.1, 0.15) is 5.69 Å². The molecule has 0 aliphatic carbocycles. The molecule has 1 N–H and O–H groups in total. The van der Waals surface area contributed by atoms with Gasteiger partial charge in [-0.3, -0.25) is 15.0 Å². The molecule has 1 aromatic rings. The Morgan fingerprint density at radius 3 is 2.41 bits per heavy atom. The maximum Gasteiger partial charge on any atom is 0.293 e. The van der Waals surface area contributed by atoms with Crippen LogP contribution >= 0.6 is 0 Å². The van der Waals surface area contributed by atoms with Crippen LogP contribution in [0, 0.1) is 10.1 Å². The van der Waals surface area contributed by atoms with Gasteiger partial charge < -0.3 is 14.7 Å². The lowest BCUT2D eigenvalue weighted by Crippen LogP contribution is -2.53. The summed E-state index contributed by atoms with van der Waals surface area (Å²) >= 11 is 0. The number of aliphatic hydroxyl groups is 1. The van der Waals surface area contributed by atoms with Crippen LogP contribution < -0.4 is 4.90 Å². The van der Waals surface area contributed by atoms with E-state index in [9.17, 15) is 23.6 Å². The number of hydrogen-bond acceptors (Lipinski definition) is 8. The third-order valence-corrected chi connectivity index (χ3v) is 6.34. The predicted octanol–water partition coefficient (Wildman–Crippen LogP) is 0.662. The number of anilines is 1. The largest absolute Gasteiger partial charge is 0.388 e. The third kappa shape index (κ3) is 4.75. The van der Waals surface area contributed by atoms with Crippen molar-refractivity contribution in [3.63, 3.8) is 0 Å². The van der Waals surface area contributed by atoms with Gasteiger partial charge in [-0.25, -0.2) is 8.42 Å². The lowest BCUT2D eigenvalue weighted by atomic mass is 9.90. The smallest absolute Gasteiger partial charge is 0.293 e. The molecule has 150 valence electrons. The molecule has 9 nitrogen and oxygen atoms in total. The SMILES string of the molecule is CS(=O)(=O)c1ccc(N2CCC(O)(CN3CCOCC3)CC2)c([N+](=O)[O-])c1. The first-order chi connectivity index (χ1) is 12.7. The average molecular weight is 399 g/mol. The predicted molar refractivity (Wildman–Crippen MR) is 99.9 cm³/mol. The zero-order chi connectivity index (χ0) is 19.7. The van der Waals surface area contributed by atoms with Gasteiger partial charge in [-0.05, 0) is 25.0 Å². The van der Waals surface area contributed by atoms with Crippen LogP contribution in [0.2, 0.25) is 0 Å². The Labute approximate surface area is 158 Å². The van der Waals surface area contributed by atoms with Crippen molar-refractivity contribution in [1.29, 1.82) is 0 Å². The number of rotatable bonds is 5. The number of benzene rings is 1. The van der Waals surface area contributed by atoms with Gasteiger partial charge in [-0.2, -0.15) is 0 Å². The second kappa shape index (κ2) is 7.70. The van der Waals surface area contributed by atoms with Crippen LogP contribution in [0.4, 0.5) is 11.4 Å². The van der Waals surface area contributed by atoms with Crippen molar-refractivity contribution >= 4 is 21.2 Å². The summed E-state index contributed by atoms with van der Waals surface area (Å²) in [6, 6.07) is 3.99. The van der Waals surface area contributed by atoms with E-state index in [-0.39, 0.29) is 10.6 Å². The van der Waals surface area contributed by atoms with Gasteiger partial charge in [0.2, 0.25) is 0 Å². The van der Waals surface area contributed by atoms with Crippen molar-refractivity contribution < 1.29 is 23.2 Å². The molecule has 27 heavy (non-hydrogen) atoms. The zero-order valence-corrected chi connectivity index (χ0v) is 16.2. The summed E-state index contributed by atoms with van der Waals surface area (Å²) in [6.45, 7) is 4.44. The molecule has 0 unspecified atom stereocenters. The first kappa shape index (κ1) is 20.0. The number of ether oxygens (including phenoxy) is 1. The quantitative estimate of drug-likeness (QED) is 0.568. The average Bonchev–Trinajstić information content (AvgIpc) is 2.61. The van der Waals surface area contributed by atoms with Crippen LogP contribution in [0.3, 0.4) is 0 Å². The van der Waals surface area contributed by atoms with Crippen molar-refractivity contribution in [2.75, 3.05) is 57.1 Å². The molecule has 2 aliphatic rings. The molecule has 0 radical (unpaired) electrons. The topological polar surface area (TPSA) is 113 Å². The first-order valence-corrected chi connectivity index (χ1v) is 10.8. The zero-order valence-electron chi connectivity index (χ0n) is 15.3. The van der Waals surface area contributed by atoms with E-state index in [1.54, 1.807) is 0 Å². The summed E-state index contributed by atoms with van der Waals surface area (Å²) in [5.74, 6) is 0. The number of morpholine rings is 1. The van der Waals surface area contributed by atoms with Gasteiger partial charge in [0.05, 0.1) is 28.6 Å². The summed E-state index contributed by atoms with van der Waals surface area (Å²) < 4.78 is 28.7. The van der Waals surface area contributed by atoms with Crippen molar-refractivity contribution in [2.24, 2.45) is 0 Å². The fourth-order valence-electron chi connectivity index (χ4n) is 3.64. The molecule has 0 bridgehead atoms. The molecule has 0 saturated carbocycles. The summed E-state index contributed by atoms with van der Waals surface area (Å²) in [7, 11) is -3.52. The fraction of sp³-hybridized carbons (Fsp3) is 0.647. The van der Waals surface area contributed by atoms with Crippen molar-refractivity contribution in [3.05, 3.63) is 28.3 Å². The monoisotopic (exact) mass is 399 g/mol. The highest BCUT2D eigenvalue weighted by atomic mass is 32.2. The number of nitrogens with zero attached hydrogens (tertiary/aromatic N) is 3. The molecular formula is C17H25N3O6S. The van der Waals surface area contributed by atoms with E-state index in [1.807, 2.05) is 4.90 Å². The van der Waals surface area contributed by atoms with Crippen LogP contribution in [0.15, 0.2) is 23.1 Å². The lowest BCUT2D eigenvalue weighted by Gasteiger charge is -2.42. The lowest BCUT2D eigenvalue weighted by molar-refractivity contribution is -0.384. The summed E-state index contributed by atoms with van der Waals surface area (Å²) in [5, 5.41) is 22.3. The van der Waals surface area contributed by atoms with Gasteiger partial charge in [0.15, 0.2) is 9.84 Å². The summed E-state index contributed by atoms with van der Waals surface area (Å²) in [4.78, 5) is 14.9. The van der Waals surface area contributed by atoms with Crippen LogP contribution in [-0.2, 0) is 14.6 Å². The fourth-order valence-corrected chi connectivity index (χ4v) is 4.29. The number of sulfone groups is 1. The van der Waals surface area contributed by atoms with Crippen molar-refractivity contribution in [2.45, 2.75) is 23.3 Å². The van der Waals surface area contributed by atoms with E-state index in [4.69, 9.17) is 4.74 Å². The number of nitro groups is 1. The molecule has 0 spiro atoms. The highest BCUT2D eigenvalue weighted by Gasteiger charge is 2.36. The van der Waals surface area contributed by atoms with Crippen molar-refractivity contribution in [3.8, 4) is 0 Å². The number of piperidine rings is 1. The maximum absolute atomic E-state index is 11.7. The number of hydrogen-bond donors (Lipinski definition) is 1. The van der Waals surface area contributed by atoms with Gasteiger partial charge >= 0.3 is 0 Å². The van der Waals surface area contributed by atoms with Gasteiger partial charge in [-0.1, -0.05) is 0 Å². The molecule has 2 heterocycles. The second-order valence-electron chi connectivity index (χ2n) is 7.28. The van der Waals surface area contributed by atoms with E-state index < -0.39 is 20.4 Å². The molecule has 0 atom stereocenters. The molecule has 0 aromatic heterocycles. The summed E-state index contributed by atoms with van der Waals surface area (Å²) in [6.07, 6.45) is 2.02. The van der Waals surface area contributed by atoms with Crippen molar-refractivity contribution in [1.82, 2.24) is 4.90 Å². The highest BCUT2D eigenvalue weighted by molar-refractivity contribution is 7.90. The summed E-state index contributed by atoms with van der Waals surface area (Å²) in [5.41, 5.74) is -0.660. The van der Waals surface area contributed by atoms with E-state index in [2.05, 4.69) is 4.90 Å². The number of nitro benzene ring substituents is 1. The Bertz CT molecular complexity index is 799. The van der Waals surface area contributed by atoms with Crippen LogP contribution in [0.25, 0.3) is 0 Å². The molecule has 10 heteroatoms. The Morgan fingerprint density at radius 2 is 1.85 bits per heavy atom. The van der Waals surface area contributed by atoms with Gasteiger partial charge in [0, 0.05) is 45.0 Å². The Hall–Kier alpha value is -1.75. The molecule has 0 amide bonds. The Morgan fingerprint density at radius 1 is 1.22 bits per heavy atom. The van der Waals surface area contributed by atoms with Crippen LogP contribution in [-0.4, -0.2) is 81.1 Å². The molecule has 1 aromatic carbocycles. The molecule has 3 rings (SSSR count). The minimum atomic E-state index is -3.52. The van der Waals surface area contributed by atoms with E-state index in [0.717, 1.165) is 25.4 Å². The molecular weight excluding hydrogens is 374 g/mol. The Balaban J connectivity index is 1.72. The van der Waals surface area contributed by atoms with Gasteiger partial charge in [-0.15, -0.1) is 0 Å². The molecule has 2 aliphatic heterocycles. The maximum atomic E-state index is 11.7. The van der Waals surface area contributed by atoms with E-state index >= 15 is 0 Å². The Kier molecular flexibility index (Phi) is 5.71. The molecule has 2 saturated heterocycles. The minimum absolute atomic E-state index is 0.0706. The standard InChI is InChI=1S/C17H25N3O6S/c1-27(24,25)14-2-3-15(16(12-14)20(22)23)19-6-4-17(21,5-7-19)13-18-8-10-26-11-9-18/h2-3,12,21H,4-11,13H2,1H3. The normalized spacial score (nSPS) is 21.2. The van der Waals surface area contributed by atoms with Crippen LogP contribution in [0.5, 0.6) is 0 Å². The second-order valence-corrected chi connectivity index (χ2v) is 9.30. The van der Waals surface area contributed by atoms with E-state index in [0.29, 0.717) is 51.4 Å². The van der Waals surface area contributed by atoms with E-state index in [1.165, 1.54) is 12.1 Å². The minimum Gasteiger partial charge on any atom is -0.388 e. The highest BCUT2D eigenvalue weighted by Crippen LogP contribution is 2.34. The number of β-amino-alcohol motifs (C(OH)–C–C–N with tert-alkyl or cyclic N) is 1. The first-order valence-electron chi connectivity index (χ1n) is 8.94.